The zero-order valence-corrected chi connectivity index (χ0v) is 18.9. The monoisotopic (exact) mass is 456 g/mol. The van der Waals surface area contributed by atoms with Crippen LogP contribution >= 0.6 is 0 Å². The van der Waals surface area contributed by atoms with E-state index in [-0.39, 0.29) is 35.6 Å². The Morgan fingerprint density at radius 1 is 1.18 bits per heavy atom. The van der Waals surface area contributed by atoms with Gasteiger partial charge >= 0.3 is 0 Å². The maximum absolute atomic E-state index is 13.7. The number of benzene rings is 1. The van der Waals surface area contributed by atoms with Crippen molar-refractivity contribution in [2.24, 2.45) is 29.4 Å². The number of nitrogens with two attached hydrogens (primary N) is 1. The molecule has 0 radical (unpaired) electrons. The molecule has 0 heterocycles. The summed E-state index contributed by atoms with van der Waals surface area (Å²) >= 11 is 0. The molecule has 6 N–H and O–H groups in total. The number of hydrogen-bond acceptors (Lipinski definition) is 8. The van der Waals surface area contributed by atoms with Crippen LogP contribution in [-0.4, -0.2) is 57.6 Å². The van der Waals surface area contributed by atoms with Gasteiger partial charge in [-0.05, 0) is 42.4 Å². The summed E-state index contributed by atoms with van der Waals surface area (Å²) in [6, 6.07) is 3.12. The van der Waals surface area contributed by atoms with Gasteiger partial charge in [0.15, 0.2) is 11.4 Å². The smallest absolute Gasteiger partial charge is 0.255 e. The van der Waals surface area contributed by atoms with Gasteiger partial charge in [-0.3, -0.25) is 14.4 Å². The standard InChI is InChI=1S/C24H28N2O7/c1-9(2)15-12-8-10-7-11-13(26(3)4)5-6-14(27)17(11)20(29)16(10)21(30)24(12,33)22(31)18(19(15)28)23(25)32/h5-6,9-10,12,15,27,29,31,33H,7-8H2,1-4H3,(H2,25,32)/t10-,12-,15-,24-/m0/s1. The summed E-state index contributed by atoms with van der Waals surface area (Å²) in [6.07, 6.45) is 0.384. The highest BCUT2D eigenvalue weighted by Gasteiger charge is 2.64. The second-order valence-corrected chi connectivity index (χ2v) is 9.67. The number of anilines is 1. The number of Topliss-reactive ketones (excluding diaryl/α,β-unsaturated/α-hetero) is 2. The molecule has 33 heavy (non-hydrogen) atoms. The number of phenolic OH excluding ortho intramolecular Hbond substituents is 1. The van der Waals surface area contributed by atoms with E-state index in [9.17, 15) is 34.8 Å². The first-order chi connectivity index (χ1) is 15.3. The fourth-order valence-corrected chi connectivity index (χ4v) is 5.89. The molecular formula is C24H28N2O7. The van der Waals surface area contributed by atoms with E-state index < -0.39 is 57.9 Å². The van der Waals surface area contributed by atoms with Gasteiger partial charge in [0.1, 0.15) is 22.8 Å². The number of phenols is 1. The van der Waals surface area contributed by atoms with Crippen LogP contribution in [0.5, 0.6) is 5.75 Å². The van der Waals surface area contributed by atoms with E-state index in [2.05, 4.69) is 0 Å². The summed E-state index contributed by atoms with van der Waals surface area (Å²) in [5.41, 5.74) is 3.30. The van der Waals surface area contributed by atoms with Gasteiger partial charge in [-0.2, -0.15) is 0 Å². The number of fused-ring (bicyclic) bond motifs is 3. The molecule has 9 nitrogen and oxygen atoms in total. The first-order valence-corrected chi connectivity index (χ1v) is 10.8. The molecule has 0 aromatic heterocycles. The first-order valence-electron chi connectivity index (χ1n) is 10.8. The van der Waals surface area contributed by atoms with Crippen molar-refractivity contribution >= 4 is 28.9 Å². The van der Waals surface area contributed by atoms with Gasteiger partial charge in [0.25, 0.3) is 5.91 Å². The lowest BCUT2D eigenvalue weighted by Crippen LogP contribution is -2.62. The van der Waals surface area contributed by atoms with Gasteiger partial charge in [0, 0.05) is 37.2 Å². The number of carbonyl (C=O) groups is 3. The molecule has 1 saturated carbocycles. The quantitative estimate of drug-likeness (QED) is 0.426. The molecule has 1 fully saturated rings. The third kappa shape index (κ3) is 2.91. The fourth-order valence-electron chi connectivity index (χ4n) is 5.89. The number of rotatable bonds is 3. The number of amides is 1. The largest absolute Gasteiger partial charge is 0.508 e. The van der Waals surface area contributed by atoms with Gasteiger partial charge in [-0.1, -0.05) is 13.8 Å². The van der Waals surface area contributed by atoms with Crippen LogP contribution in [0, 0.1) is 23.7 Å². The molecule has 1 aromatic carbocycles. The minimum atomic E-state index is -2.58. The average Bonchev–Trinajstić information content (AvgIpc) is 2.70. The summed E-state index contributed by atoms with van der Waals surface area (Å²) in [6.45, 7) is 3.46. The van der Waals surface area contributed by atoms with Crippen molar-refractivity contribution in [1.82, 2.24) is 0 Å². The van der Waals surface area contributed by atoms with E-state index in [4.69, 9.17) is 5.73 Å². The van der Waals surface area contributed by atoms with Gasteiger partial charge in [0.2, 0.25) is 5.78 Å². The summed E-state index contributed by atoms with van der Waals surface area (Å²) in [5, 5.41) is 44.0. The van der Waals surface area contributed by atoms with E-state index in [0.717, 1.165) is 5.69 Å². The lowest BCUT2D eigenvalue weighted by molar-refractivity contribution is -0.155. The van der Waals surface area contributed by atoms with Crippen molar-refractivity contribution in [2.75, 3.05) is 19.0 Å². The van der Waals surface area contributed by atoms with E-state index in [1.807, 2.05) is 19.0 Å². The summed E-state index contributed by atoms with van der Waals surface area (Å²) in [5.74, 6) is -7.55. The molecule has 0 spiro atoms. The predicted octanol–water partition coefficient (Wildman–Crippen LogP) is 1.37. The van der Waals surface area contributed by atoms with Crippen LogP contribution in [0.4, 0.5) is 5.69 Å². The van der Waals surface area contributed by atoms with Crippen LogP contribution in [0.2, 0.25) is 0 Å². The topological polar surface area (TPSA) is 161 Å². The molecule has 0 unspecified atom stereocenters. The molecule has 1 aromatic rings. The fraction of sp³-hybridized carbons (Fsp3) is 0.458. The van der Waals surface area contributed by atoms with Gasteiger partial charge in [-0.15, -0.1) is 0 Å². The van der Waals surface area contributed by atoms with Crippen molar-refractivity contribution < 1.29 is 34.8 Å². The maximum atomic E-state index is 13.7. The first kappa shape index (κ1) is 22.8. The SMILES string of the molecule is CC(C)[C@@H]1C(=O)C(C(N)=O)=C(O)[C@@]2(O)C(=O)C3=C(O)c4c(O)ccc(N(C)C)c4C[C@H]3C[C@@H]12. The third-order valence-electron chi connectivity index (χ3n) is 7.31. The van der Waals surface area contributed by atoms with Crippen LogP contribution in [0.15, 0.2) is 29.0 Å². The zero-order valence-electron chi connectivity index (χ0n) is 18.9. The summed E-state index contributed by atoms with van der Waals surface area (Å²) in [7, 11) is 3.63. The Hall–Kier alpha value is -3.33. The number of carbonyl (C=O) groups excluding carboxylic acids is 3. The van der Waals surface area contributed by atoms with Crippen molar-refractivity contribution in [3.63, 3.8) is 0 Å². The minimum absolute atomic E-state index is 0.0914. The van der Waals surface area contributed by atoms with Gasteiger partial charge < -0.3 is 31.1 Å². The Morgan fingerprint density at radius 3 is 2.36 bits per heavy atom. The zero-order chi connectivity index (χ0) is 24.6. The highest BCUT2D eigenvalue weighted by atomic mass is 16.3. The maximum Gasteiger partial charge on any atom is 0.255 e. The molecule has 176 valence electrons. The summed E-state index contributed by atoms with van der Waals surface area (Å²) in [4.78, 5) is 40.6. The minimum Gasteiger partial charge on any atom is -0.508 e. The van der Waals surface area contributed by atoms with E-state index in [1.54, 1.807) is 19.9 Å². The van der Waals surface area contributed by atoms with Crippen LogP contribution in [0.1, 0.15) is 31.4 Å². The molecule has 0 saturated heterocycles. The summed E-state index contributed by atoms with van der Waals surface area (Å²) < 4.78 is 0. The molecule has 0 aliphatic heterocycles. The van der Waals surface area contributed by atoms with Crippen LogP contribution in [0.25, 0.3) is 5.76 Å². The number of aliphatic hydroxyl groups is 3. The van der Waals surface area contributed by atoms with Crippen molar-refractivity contribution in [3.8, 4) is 5.75 Å². The Labute approximate surface area is 190 Å². The van der Waals surface area contributed by atoms with E-state index >= 15 is 0 Å². The lowest BCUT2D eigenvalue weighted by Gasteiger charge is -2.50. The normalized spacial score (nSPS) is 29.1. The predicted molar refractivity (Wildman–Crippen MR) is 119 cm³/mol. The Balaban J connectivity index is 1.99. The number of aromatic hydroxyl groups is 1. The van der Waals surface area contributed by atoms with Crippen molar-refractivity contribution in [2.45, 2.75) is 32.3 Å². The molecule has 0 bridgehead atoms. The van der Waals surface area contributed by atoms with Crippen molar-refractivity contribution in [1.29, 1.82) is 0 Å². The molecule has 4 atom stereocenters. The lowest BCUT2D eigenvalue weighted by atomic mass is 9.54. The van der Waals surface area contributed by atoms with Gasteiger partial charge in [-0.25, -0.2) is 0 Å². The van der Waals surface area contributed by atoms with Crippen LogP contribution in [-0.2, 0) is 20.8 Å². The number of primary amides is 1. The Kier molecular flexibility index (Phi) is 5.09. The average molecular weight is 456 g/mol. The van der Waals surface area contributed by atoms with Crippen LogP contribution in [0.3, 0.4) is 0 Å². The van der Waals surface area contributed by atoms with E-state index in [1.165, 1.54) is 6.07 Å². The van der Waals surface area contributed by atoms with E-state index in [0.29, 0.717) is 5.56 Å². The second kappa shape index (κ2) is 7.34. The highest BCUT2D eigenvalue weighted by Crippen LogP contribution is 2.55. The van der Waals surface area contributed by atoms with Crippen LogP contribution < -0.4 is 10.6 Å². The second-order valence-electron chi connectivity index (χ2n) is 9.67. The van der Waals surface area contributed by atoms with Gasteiger partial charge in [0.05, 0.1) is 5.56 Å². The highest BCUT2D eigenvalue weighted by molar-refractivity contribution is 6.23. The Bertz CT molecular complexity index is 1160. The third-order valence-corrected chi connectivity index (χ3v) is 7.31. The number of aliphatic hydroxyl groups excluding tert-OH is 2. The molecule has 1 amide bonds. The molecule has 4 rings (SSSR count). The molecule has 3 aliphatic carbocycles. The molecule has 9 heteroatoms. The van der Waals surface area contributed by atoms with Crippen molar-refractivity contribution in [3.05, 3.63) is 40.2 Å². The number of hydrogen-bond donors (Lipinski definition) is 5. The molecular weight excluding hydrogens is 428 g/mol. The number of nitrogens with zero attached hydrogens (tertiary/aromatic N) is 1. The Morgan fingerprint density at radius 2 is 1.82 bits per heavy atom. The molecule has 3 aliphatic rings. The number of ketones is 2.